The summed E-state index contributed by atoms with van der Waals surface area (Å²) in [6.07, 6.45) is 3.70. The van der Waals surface area contributed by atoms with E-state index in [0.717, 1.165) is 25.7 Å². The van der Waals surface area contributed by atoms with Crippen molar-refractivity contribution >= 4 is 11.9 Å². The van der Waals surface area contributed by atoms with Crippen molar-refractivity contribution in [2.45, 2.75) is 154 Å². The highest BCUT2D eigenvalue weighted by Crippen LogP contribution is 2.37. The van der Waals surface area contributed by atoms with Gasteiger partial charge in [-0.15, -0.1) is 0 Å². The van der Waals surface area contributed by atoms with Gasteiger partial charge in [-0.25, -0.2) is 0 Å². The first-order valence-electron chi connectivity index (χ1n) is 14.2. The lowest BCUT2D eigenvalue weighted by Crippen LogP contribution is -2.38. The van der Waals surface area contributed by atoms with Crippen molar-refractivity contribution in [1.82, 2.24) is 0 Å². The highest BCUT2D eigenvalue weighted by atomic mass is 16.6. The fourth-order valence-electron chi connectivity index (χ4n) is 6.01. The molecule has 5 nitrogen and oxygen atoms in total. The number of hydrogen-bond donors (Lipinski definition) is 0. The van der Waals surface area contributed by atoms with Gasteiger partial charge in [0.25, 0.3) is 0 Å². The van der Waals surface area contributed by atoms with Gasteiger partial charge in [0.2, 0.25) is 0 Å². The van der Waals surface area contributed by atoms with Crippen molar-refractivity contribution in [3.8, 4) is 0 Å². The van der Waals surface area contributed by atoms with Gasteiger partial charge in [-0.05, 0) is 60.2 Å². The van der Waals surface area contributed by atoms with Crippen LogP contribution in [0.15, 0.2) is 0 Å². The number of esters is 2. The molecule has 0 aromatic heterocycles. The van der Waals surface area contributed by atoms with Crippen molar-refractivity contribution in [2.75, 3.05) is 13.2 Å². The summed E-state index contributed by atoms with van der Waals surface area (Å²) >= 11 is 0. The summed E-state index contributed by atoms with van der Waals surface area (Å²) in [5.41, 5.74) is -0.404. The first-order chi connectivity index (χ1) is 16.3. The lowest BCUT2D eigenvalue weighted by atomic mass is 9.74. The number of hydrogen-bond acceptors (Lipinski definition) is 5. The Bertz CT molecular complexity index is 716. The van der Waals surface area contributed by atoms with Gasteiger partial charge < -0.3 is 14.2 Å². The van der Waals surface area contributed by atoms with E-state index in [9.17, 15) is 9.59 Å². The molecule has 37 heavy (non-hydrogen) atoms. The number of carbonyl (C=O) groups excluding carboxylic acids is 2. The summed E-state index contributed by atoms with van der Waals surface area (Å²) < 4.78 is 17.8. The molecule has 0 rings (SSSR count). The third-order valence-electron chi connectivity index (χ3n) is 6.51. The summed E-state index contributed by atoms with van der Waals surface area (Å²) in [5.74, 6) is -0.548. The molecule has 0 fully saturated rings. The molecular weight excluding hydrogens is 464 g/mol. The van der Waals surface area contributed by atoms with Gasteiger partial charge in [0.15, 0.2) is 6.10 Å². The molecular formula is C32H62O5. The van der Waals surface area contributed by atoms with Crippen LogP contribution in [0.25, 0.3) is 0 Å². The molecule has 1 unspecified atom stereocenters. The lowest BCUT2D eigenvalue weighted by Gasteiger charge is -2.35. The zero-order valence-corrected chi connectivity index (χ0v) is 27.3. The lowest BCUT2D eigenvalue weighted by molar-refractivity contribution is -0.170. The van der Waals surface area contributed by atoms with E-state index in [4.69, 9.17) is 14.2 Å². The van der Waals surface area contributed by atoms with Gasteiger partial charge in [-0.1, -0.05) is 96.4 Å². The van der Waals surface area contributed by atoms with E-state index in [1.54, 1.807) is 0 Å². The Balaban J connectivity index is 5.37. The van der Waals surface area contributed by atoms with Crippen LogP contribution in [0.5, 0.6) is 0 Å². The van der Waals surface area contributed by atoms with Crippen molar-refractivity contribution in [1.29, 1.82) is 0 Å². The summed E-state index contributed by atoms with van der Waals surface area (Å²) in [7, 11) is 0. The van der Waals surface area contributed by atoms with Gasteiger partial charge in [-0.3, -0.25) is 9.59 Å². The van der Waals surface area contributed by atoms with E-state index >= 15 is 0 Å². The second kappa shape index (κ2) is 13.3. The summed E-state index contributed by atoms with van der Waals surface area (Å²) in [6.45, 7) is 32.4. The van der Waals surface area contributed by atoms with E-state index in [1.807, 2.05) is 0 Å². The fraction of sp³-hybridized carbons (Fsp3) is 0.938. The van der Waals surface area contributed by atoms with Crippen LogP contribution in [-0.2, 0) is 23.8 Å². The Morgan fingerprint density at radius 1 is 0.595 bits per heavy atom. The molecule has 0 N–H and O–H groups in total. The Morgan fingerprint density at radius 3 is 1.43 bits per heavy atom. The molecule has 0 aliphatic rings. The first-order valence-corrected chi connectivity index (χ1v) is 14.2. The van der Waals surface area contributed by atoms with Crippen molar-refractivity contribution < 1.29 is 23.8 Å². The average Bonchev–Trinajstić information content (AvgIpc) is 2.57. The predicted molar refractivity (Wildman–Crippen MR) is 154 cm³/mol. The standard InChI is InChI=1S/C32H62O5/c1-16-29(8,9)23-32(14,15)36-20-24(37-26(34)18-31(12,13)22-28(5,6)7)19-35-25(33)17-30(10,11)21-27(2,3)4/h24H,16-23H2,1-15H3. The Kier molecular flexibility index (Phi) is 12.9. The predicted octanol–water partition coefficient (Wildman–Crippen LogP) is 8.77. The highest BCUT2D eigenvalue weighted by Gasteiger charge is 2.33. The smallest absolute Gasteiger partial charge is 0.306 e. The molecule has 0 aliphatic carbocycles. The zero-order valence-electron chi connectivity index (χ0n) is 27.3. The third kappa shape index (κ3) is 18.7. The molecule has 220 valence electrons. The monoisotopic (exact) mass is 526 g/mol. The van der Waals surface area contributed by atoms with Crippen LogP contribution in [-0.4, -0.2) is 36.9 Å². The minimum absolute atomic E-state index is 0.00310. The minimum Gasteiger partial charge on any atom is -0.462 e. The second-order valence-electron chi connectivity index (χ2n) is 16.7. The minimum atomic E-state index is -0.642. The maximum absolute atomic E-state index is 13.0. The zero-order chi connectivity index (χ0) is 29.5. The Labute approximate surface area is 230 Å². The van der Waals surface area contributed by atoms with Crippen LogP contribution in [0, 0.1) is 27.1 Å². The van der Waals surface area contributed by atoms with Crippen molar-refractivity contribution in [2.24, 2.45) is 27.1 Å². The maximum atomic E-state index is 13.0. The number of rotatable bonds is 15. The van der Waals surface area contributed by atoms with Crippen LogP contribution in [0.1, 0.15) is 142 Å². The summed E-state index contributed by atoms with van der Waals surface area (Å²) in [4.78, 5) is 25.7. The molecule has 0 aromatic rings. The molecule has 0 bridgehead atoms. The molecule has 0 aromatic carbocycles. The van der Waals surface area contributed by atoms with Crippen molar-refractivity contribution in [3.63, 3.8) is 0 Å². The number of carbonyl (C=O) groups is 2. The molecule has 0 aliphatic heterocycles. The molecule has 0 saturated carbocycles. The molecule has 1 atom stereocenters. The molecule has 0 spiro atoms. The average molecular weight is 527 g/mol. The fourth-order valence-corrected chi connectivity index (χ4v) is 6.01. The topological polar surface area (TPSA) is 61.8 Å². The van der Waals surface area contributed by atoms with Gasteiger partial charge in [0.1, 0.15) is 6.61 Å². The third-order valence-corrected chi connectivity index (χ3v) is 6.51. The molecule has 0 heterocycles. The van der Waals surface area contributed by atoms with Crippen LogP contribution in [0.4, 0.5) is 0 Å². The van der Waals surface area contributed by atoms with E-state index in [-0.39, 0.29) is 52.2 Å². The number of ether oxygens (including phenoxy) is 3. The van der Waals surface area contributed by atoms with E-state index < -0.39 is 11.7 Å². The Hall–Kier alpha value is -1.10. The van der Waals surface area contributed by atoms with Gasteiger partial charge in [0, 0.05) is 0 Å². The molecule has 0 radical (unpaired) electrons. The first kappa shape index (κ1) is 35.9. The van der Waals surface area contributed by atoms with Crippen LogP contribution in [0.3, 0.4) is 0 Å². The van der Waals surface area contributed by atoms with E-state index in [1.165, 1.54) is 0 Å². The van der Waals surface area contributed by atoms with Gasteiger partial charge in [-0.2, -0.15) is 0 Å². The molecule has 0 saturated heterocycles. The summed E-state index contributed by atoms with van der Waals surface area (Å²) in [6, 6.07) is 0. The maximum Gasteiger partial charge on any atom is 0.306 e. The van der Waals surface area contributed by atoms with Gasteiger partial charge >= 0.3 is 11.9 Å². The second-order valence-corrected chi connectivity index (χ2v) is 16.7. The SMILES string of the molecule is CCC(C)(C)CC(C)(C)OCC(COC(=O)CC(C)(C)CC(C)(C)C)OC(=O)CC(C)(C)CC(C)(C)C. The summed E-state index contributed by atoms with van der Waals surface area (Å²) in [5, 5.41) is 0. The quantitative estimate of drug-likeness (QED) is 0.200. The Morgan fingerprint density at radius 2 is 1.03 bits per heavy atom. The molecule has 0 amide bonds. The van der Waals surface area contributed by atoms with E-state index in [0.29, 0.717) is 12.8 Å². The van der Waals surface area contributed by atoms with Gasteiger partial charge in [0.05, 0.1) is 25.0 Å². The molecule has 5 heteroatoms. The highest BCUT2D eigenvalue weighted by molar-refractivity contribution is 5.71. The largest absolute Gasteiger partial charge is 0.462 e. The van der Waals surface area contributed by atoms with Crippen molar-refractivity contribution in [3.05, 3.63) is 0 Å². The normalized spacial score (nSPS) is 14.9. The van der Waals surface area contributed by atoms with Crippen LogP contribution < -0.4 is 0 Å². The van der Waals surface area contributed by atoms with E-state index in [2.05, 4.69) is 104 Å². The van der Waals surface area contributed by atoms with Crippen LogP contribution >= 0.6 is 0 Å². The van der Waals surface area contributed by atoms with Crippen LogP contribution in [0.2, 0.25) is 0 Å².